The topological polar surface area (TPSA) is 77.1 Å². The first kappa shape index (κ1) is 20.5. The van der Waals surface area contributed by atoms with E-state index in [1.165, 1.54) is 0 Å². The average molecular weight is 398 g/mol. The summed E-state index contributed by atoms with van der Waals surface area (Å²) in [6.45, 7) is 5.35. The van der Waals surface area contributed by atoms with Gasteiger partial charge in [-0.05, 0) is 62.4 Å². The highest BCUT2D eigenvalue weighted by Crippen LogP contribution is 2.24. The van der Waals surface area contributed by atoms with E-state index in [4.69, 9.17) is 14.2 Å². The molecule has 0 unspecified atom stereocenters. The summed E-state index contributed by atoms with van der Waals surface area (Å²) in [6, 6.07) is 14.2. The summed E-state index contributed by atoms with van der Waals surface area (Å²) < 4.78 is 16.3. The second-order valence-electron chi connectivity index (χ2n) is 6.59. The van der Waals surface area contributed by atoms with Gasteiger partial charge < -0.3 is 24.4 Å². The van der Waals surface area contributed by atoms with Crippen molar-refractivity contribution in [2.45, 2.75) is 26.3 Å². The average Bonchev–Trinajstić information content (AvgIpc) is 3.08. The van der Waals surface area contributed by atoms with Crippen molar-refractivity contribution in [2.75, 3.05) is 31.3 Å². The first-order chi connectivity index (χ1) is 14.1. The lowest BCUT2D eigenvalue weighted by molar-refractivity contribution is -0.123. The zero-order valence-electron chi connectivity index (χ0n) is 16.7. The van der Waals surface area contributed by atoms with Gasteiger partial charge in [-0.15, -0.1) is 0 Å². The number of ether oxygens (including phenoxy) is 3. The summed E-state index contributed by atoms with van der Waals surface area (Å²) >= 11 is 0. The molecule has 0 aromatic heterocycles. The Bertz CT molecular complexity index is 820. The largest absolute Gasteiger partial charge is 0.494 e. The maximum Gasteiger partial charge on any atom is 0.258 e. The molecule has 2 aromatic carbocycles. The SMILES string of the molecule is CCOc1ccc(OCC(=O)N[C@@H]2CC(=O)N(c3ccc(OCC)cc3)C2)cc1. The highest BCUT2D eigenvalue weighted by atomic mass is 16.5. The molecule has 1 saturated heterocycles. The number of nitrogens with one attached hydrogen (secondary N) is 1. The van der Waals surface area contributed by atoms with Crippen molar-refractivity contribution in [1.29, 1.82) is 0 Å². The van der Waals surface area contributed by atoms with Crippen molar-refractivity contribution >= 4 is 17.5 Å². The van der Waals surface area contributed by atoms with Gasteiger partial charge in [-0.2, -0.15) is 0 Å². The van der Waals surface area contributed by atoms with Gasteiger partial charge in [0, 0.05) is 18.7 Å². The van der Waals surface area contributed by atoms with Crippen LogP contribution in [0.1, 0.15) is 20.3 Å². The van der Waals surface area contributed by atoms with Crippen LogP contribution in [0.5, 0.6) is 17.2 Å². The molecule has 154 valence electrons. The molecule has 1 N–H and O–H groups in total. The normalized spacial score (nSPS) is 15.9. The highest BCUT2D eigenvalue weighted by Gasteiger charge is 2.31. The molecule has 0 saturated carbocycles. The van der Waals surface area contributed by atoms with Gasteiger partial charge in [0.15, 0.2) is 6.61 Å². The van der Waals surface area contributed by atoms with Crippen LogP contribution in [-0.4, -0.2) is 44.2 Å². The van der Waals surface area contributed by atoms with Crippen LogP contribution in [0, 0.1) is 0 Å². The first-order valence-corrected chi connectivity index (χ1v) is 9.77. The Kier molecular flexibility index (Phi) is 6.94. The van der Waals surface area contributed by atoms with E-state index in [0.717, 1.165) is 17.2 Å². The van der Waals surface area contributed by atoms with E-state index in [1.807, 2.05) is 38.1 Å². The number of anilines is 1. The molecule has 1 aliphatic heterocycles. The van der Waals surface area contributed by atoms with Crippen molar-refractivity contribution < 1.29 is 23.8 Å². The fraction of sp³-hybridized carbons (Fsp3) is 0.364. The van der Waals surface area contributed by atoms with Crippen molar-refractivity contribution in [3.05, 3.63) is 48.5 Å². The maximum absolute atomic E-state index is 12.3. The van der Waals surface area contributed by atoms with Crippen LogP contribution in [0.15, 0.2) is 48.5 Å². The smallest absolute Gasteiger partial charge is 0.258 e. The molecule has 2 aromatic rings. The van der Waals surface area contributed by atoms with E-state index in [1.54, 1.807) is 29.2 Å². The minimum atomic E-state index is -0.259. The van der Waals surface area contributed by atoms with E-state index in [0.29, 0.717) is 25.5 Å². The number of nitrogens with zero attached hydrogens (tertiary/aromatic N) is 1. The first-order valence-electron chi connectivity index (χ1n) is 9.77. The Morgan fingerprint density at radius 2 is 1.45 bits per heavy atom. The molecule has 0 radical (unpaired) electrons. The Morgan fingerprint density at radius 1 is 0.931 bits per heavy atom. The fourth-order valence-corrected chi connectivity index (χ4v) is 3.16. The second kappa shape index (κ2) is 9.82. The molecule has 0 aliphatic carbocycles. The van der Waals surface area contributed by atoms with Crippen LogP contribution in [0.2, 0.25) is 0 Å². The standard InChI is InChI=1S/C22H26N2O5/c1-3-27-18-7-5-17(6-8-18)24-14-16(13-22(24)26)23-21(25)15-29-20-11-9-19(10-12-20)28-4-2/h5-12,16H,3-4,13-15H2,1-2H3,(H,23,25)/t16-/m1/s1. The molecule has 1 heterocycles. The van der Waals surface area contributed by atoms with Gasteiger partial charge in [-0.25, -0.2) is 0 Å². The van der Waals surface area contributed by atoms with Gasteiger partial charge in [0.25, 0.3) is 5.91 Å². The van der Waals surface area contributed by atoms with Crippen LogP contribution in [0.3, 0.4) is 0 Å². The predicted octanol–water partition coefficient (Wildman–Crippen LogP) is 2.78. The molecule has 1 fully saturated rings. The molecule has 0 bridgehead atoms. The van der Waals surface area contributed by atoms with Crippen LogP contribution < -0.4 is 24.4 Å². The zero-order chi connectivity index (χ0) is 20.6. The quantitative estimate of drug-likeness (QED) is 0.703. The summed E-state index contributed by atoms with van der Waals surface area (Å²) in [4.78, 5) is 26.2. The Morgan fingerprint density at radius 3 is 2.00 bits per heavy atom. The van der Waals surface area contributed by atoms with Gasteiger partial charge in [-0.3, -0.25) is 9.59 Å². The van der Waals surface area contributed by atoms with E-state index in [2.05, 4.69) is 5.32 Å². The predicted molar refractivity (Wildman–Crippen MR) is 110 cm³/mol. The number of hydrogen-bond acceptors (Lipinski definition) is 5. The Hall–Kier alpha value is -3.22. The van der Waals surface area contributed by atoms with Gasteiger partial charge in [-0.1, -0.05) is 0 Å². The van der Waals surface area contributed by atoms with E-state index < -0.39 is 0 Å². The minimum absolute atomic E-state index is 0.0214. The molecule has 0 spiro atoms. The molecule has 7 nitrogen and oxygen atoms in total. The monoisotopic (exact) mass is 398 g/mol. The molecule has 3 rings (SSSR count). The number of benzene rings is 2. The number of amides is 2. The molecule has 7 heteroatoms. The van der Waals surface area contributed by atoms with Gasteiger partial charge >= 0.3 is 0 Å². The van der Waals surface area contributed by atoms with Gasteiger partial charge in [0.1, 0.15) is 17.2 Å². The van der Waals surface area contributed by atoms with Crippen molar-refractivity contribution in [1.82, 2.24) is 5.32 Å². The lowest BCUT2D eigenvalue weighted by Gasteiger charge is -2.18. The molecule has 29 heavy (non-hydrogen) atoms. The zero-order valence-corrected chi connectivity index (χ0v) is 16.7. The van der Waals surface area contributed by atoms with Gasteiger partial charge in [0.2, 0.25) is 5.91 Å². The molecular weight excluding hydrogens is 372 g/mol. The van der Waals surface area contributed by atoms with E-state index in [9.17, 15) is 9.59 Å². The van der Waals surface area contributed by atoms with Crippen LogP contribution in [0.25, 0.3) is 0 Å². The van der Waals surface area contributed by atoms with Crippen molar-refractivity contribution in [2.24, 2.45) is 0 Å². The van der Waals surface area contributed by atoms with E-state index >= 15 is 0 Å². The van der Waals surface area contributed by atoms with Gasteiger partial charge in [0.05, 0.1) is 19.3 Å². The Labute approximate surface area is 170 Å². The number of carbonyl (C=O) groups is 2. The molecule has 1 aliphatic rings. The lowest BCUT2D eigenvalue weighted by atomic mass is 10.2. The fourth-order valence-electron chi connectivity index (χ4n) is 3.16. The second-order valence-corrected chi connectivity index (χ2v) is 6.59. The third-order valence-electron chi connectivity index (χ3n) is 4.45. The summed E-state index contributed by atoms with van der Waals surface area (Å²) in [7, 11) is 0. The number of carbonyl (C=O) groups excluding carboxylic acids is 2. The third-order valence-corrected chi connectivity index (χ3v) is 4.45. The van der Waals surface area contributed by atoms with E-state index in [-0.39, 0.29) is 30.9 Å². The summed E-state index contributed by atoms with van der Waals surface area (Å²) in [5, 5.41) is 2.87. The molecule has 2 amide bonds. The Balaban J connectivity index is 1.48. The van der Waals surface area contributed by atoms with Crippen LogP contribution >= 0.6 is 0 Å². The molecular formula is C22H26N2O5. The summed E-state index contributed by atoms with van der Waals surface area (Å²) in [6.07, 6.45) is 0.266. The van der Waals surface area contributed by atoms with Crippen LogP contribution in [-0.2, 0) is 9.59 Å². The van der Waals surface area contributed by atoms with Crippen molar-refractivity contribution in [3.8, 4) is 17.2 Å². The summed E-state index contributed by atoms with van der Waals surface area (Å²) in [5.74, 6) is 1.82. The number of hydrogen-bond donors (Lipinski definition) is 1. The maximum atomic E-state index is 12.3. The highest BCUT2D eigenvalue weighted by molar-refractivity contribution is 5.97. The number of rotatable bonds is 9. The lowest BCUT2D eigenvalue weighted by Crippen LogP contribution is -2.39. The molecule has 1 atom stereocenters. The minimum Gasteiger partial charge on any atom is -0.494 e. The van der Waals surface area contributed by atoms with Crippen molar-refractivity contribution in [3.63, 3.8) is 0 Å². The summed E-state index contributed by atoms with van der Waals surface area (Å²) in [5.41, 5.74) is 0.792. The van der Waals surface area contributed by atoms with Crippen LogP contribution in [0.4, 0.5) is 5.69 Å². The third kappa shape index (κ3) is 5.63.